The molecule has 2 saturated carbocycles. The number of nitrogens with zero attached hydrogens (tertiary/aromatic N) is 3. The maximum Gasteiger partial charge on any atom is 0.0772 e. The summed E-state index contributed by atoms with van der Waals surface area (Å²) in [5, 5.41) is 8.33. The van der Waals surface area contributed by atoms with Crippen molar-refractivity contribution >= 4 is 0 Å². The first kappa shape index (κ1) is 15.0. The third kappa shape index (κ3) is 3.14. The summed E-state index contributed by atoms with van der Waals surface area (Å²) in [5.74, 6) is 8.44. The molecule has 0 aromatic carbocycles. The molecule has 0 bridgehead atoms. The lowest BCUT2D eigenvalue weighted by molar-refractivity contribution is 0.107. The van der Waals surface area contributed by atoms with Gasteiger partial charge in [0.15, 0.2) is 0 Å². The van der Waals surface area contributed by atoms with Crippen LogP contribution in [0.2, 0.25) is 0 Å². The Kier molecular flexibility index (Phi) is 4.91. The van der Waals surface area contributed by atoms with Gasteiger partial charge in [0.2, 0.25) is 0 Å². The van der Waals surface area contributed by atoms with Crippen LogP contribution < -0.4 is 11.3 Å². The van der Waals surface area contributed by atoms with E-state index >= 15 is 0 Å². The monoisotopic (exact) mass is 291 g/mol. The van der Waals surface area contributed by atoms with Crippen LogP contribution in [0.4, 0.5) is 0 Å². The minimum atomic E-state index is 0.203. The molecule has 0 spiro atoms. The first-order chi connectivity index (χ1) is 10.3. The maximum absolute atomic E-state index is 5.91. The number of hydrogen-bond donors (Lipinski definition) is 2. The number of fused-ring (bicyclic) bond motifs is 1. The summed E-state index contributed by atoms with van der Waals surface area (Å²) >= 11 is 0. The van der Waals surface area contributed by atoms with E-state index in [1.54, 1.807) is 0 Å². The van der Waals surface area contributed by atoms with Crippen molar-refractivity contribution in [3.63, 3.8) is 0 Å². The number of aryl methyl sites for hydroxylation is 1. The Hall–Kier alpha value is -0.940. The van der Waals surface area contributed by atoms with E-state index in [1.165, 1.54) is 50.6 Å². The van der Waals surface area contributed by atoms with Crippen molar-refractivity contribution in [2.75, 3.05) is 0 Å². The van der Waals surface area contributed by atoms with Crippen LogP contribution in [-0.4, -0.2) is 15.0 Å². The van der Waals surface area contributed by atoms with Gasteiger partial charge in [0.05, 0.1) is 17.9 Å². The second-order valence-electron chi connectivity index (χ2n) is 6.90. The van der Waals surface area contributed by atoms with Gasteiger partial charge in [0.25, 0.3) is 0 Å². The van der Waals surface area contributed by atoms with Gasteiger partial charge in [-0.3, -0.25) is 11.3 Å². The highest BCUT2D eigenvalue weighted by Crippen LogP contribution is 2.45. The van der Waals surface area contributed by atoms with Crippen molar-refractivity contribution in [1.82, 2.24) is 20.4 Å². The molecule has 0 saturated heterocycles. The lowest BCUT2D eigenvalue weighted by Gasteiger charge is -2.41. The standard InChI is InChI=1S/C16H29N5/c1-2-9-21-15(11-18-20-21)16(19-17)14-8-7-12-5-3-4-6-13(12)10-14/h11-14,16,19H,2-10,17H2,1H3. The minimum Gasteiger partial charge on any atom is -0.271 e. The molecule has 4 atom stereocenters. The van der Waals surface area contributed by atoms with Crippen LogP contribution in [0.25, 0.3) is 0 Å². The molecule has 1 aromatic rings. The third-order valence-electron chi connectivity index (χ3n) is 5.63. The molecule has 3 N–H and O–H groups in total. The van der Waals surface area contributed by atoms with Crippen molar-refractivity contribution in [3.8, 4) is 0 Å². The molecule has 2 aliphatic carbocycles. The van der Waals surface area contributed by atoms with Gasteiger partial charge in [-0.15, -0.1) is 5.10 Å². The zero-order valence-corrected chi connectivity index (χ0v) is 13.2. The SMILES string of the molecule is CCCn1nncc1C(NN)C1CCC2CCCCC2C1. The molecule has 5 nitrogen and oxygen atoms in total. The first-order valence-corrected chi connectivity index (χ1v) is 8.68. The Morgan fingerprint density at radius 1 is 1.29 bits per heavy atom. The molecule has 3 rings (SSSR count). The topological polar surface area (TPSA) is 68.8 Å². The summed E-state index contributed by atoms with van der Waals surface area (Å²) in [7, 11) is 0. The highest BCUT2D eigenvalue weighted by molar-refractivity contribution is 5.05. The van der Waals surface area contributed by atoms with Crippen LogP contribution in [0.1, 0.15) is 70.0 Å². The lowest BCUT2D eigenvalue weighted by Crippen LogP contribution is -2.39. The van der Waals surface area contributed by atoms with E-state index in [4.69, 9.17) is 5.84 Å². The van der Waals surface area contributed by atoms with E-state index in [0.29, 0.717) is 5.92 Å². The number of hydrogen-bond acceptors (Lipinski definition) is 4. The fourth-order valence-electron chi connectivity index (χ4n) is 4.57. The van der Waals surface area contributed by atoms with Crippen LogP contribution >= 0.6 is 0 Å². The Morgan fingerprint density at radius 2 is 2.10 bits per heavy atom. The molecular weight excluding hydrogens is 262 g/mol. The normalized spacial score (nSPS) is 30.9. The zero-order valence-electron chi connectivity index (χ0n) is 13.2. The van der Waals surface area contributed by atoms with Gasteiger partial charge in [-0.25, -0.2) is 4.68 Å². The smallest absolute Gasteiger partial charge is 0.0772 e. The third-order valence-corrected chi connectivity index (χ3v) is 5.63. The molecule has 0 amide bonds. The molecule has 5 heteroatoms. The van der Waals surface area contributed by atoms with E-state index in [0.717, 1.165) is 24.8 Å². The van der Waals surface area contributed by atoms with Crippen LogP contribution in [0.3, 0.4) is 0 Å². The fourth-order valence-corrected chi connectivity index (χ4v) is 4.57. The summed E-state index contributed by atoms with van der Waals surface area (Å²) in [4.78, 5) is 0. The van der Waals surface area contributed by atoms with Crippen LogP contribution in [0.15, 0.2) is 6.20 Å². The highest BCUT2D eigenvalue weighted by Gasteiger charge is 2.36. The average Bonchev–Trinajstić information content (AvgIpc) is 2.97. The molecule has 21 heavy (non-hydrogen) atoms. The summed E-state index contributed by atoms with van der Waals surface area (Å²) < 4.78 is 2.03. The summed E-state index contributed by atoms with van der Waals surface area (Å²) in [5.41, 5.74) is 4.23. The van der Waals surface area contributed by atoms with E-state index in [9.17, 15) is 0 Å². The van der Waals surface area contributed by atoms with Crippen LogP contribution in [0.5, 0.6) is 0 Å². The van der Waals surface area contributed by atoms with Gasteiger partial charge in [0.1, 0.15) is 0 Å². The van der Waals surface area contributed by atoms with Crippen molar-refractivity contribution in [3.05, 3.63) is 11.9 Å². The van der Waals surface area contributed by atoms with Gasteiger partial charge >= 0.3 is 0 Å². The lowest BCUT2D eigenvalue weighted by atomic mass is 9.66. The van der Waals surface area contributed by atoms with Gasteiger partial charge in [0, 0.05) is 6.54 Å². The second-order valence-corrected chi connectivity index (χ2v) is 6.90. The molecule has 0 radical (unpaired) electrons. The first-order valence-electron chi connectivity index (χ1n) is 8.68. The van der Waals surface area contributed by atoms with Gasteiger partial charge in [-0.1, -0.05) is 37.8 Å². The molecule has 2 aliphatic rings. The van der Waals surface area contributed by atoms with E-state index < -0.39 is 0 Å². The second kappa shape index (κ2) is 6.88. The quantitative estimate of drug-likeness (QED) is 0.646. The number of nitrogens with one attached hydrogen (secondary N) is 1. The molecule has 118 valence electrons. The van der Waals surface area contributed by atoms with Gasteiger partial charge < -0.3 is 0 Å². The van der Waals surface area contributed by atoms with Gasteiger partial charge in [-0.2, -0.15) is 0 Å². The largest absolute Gasteiger partial charge is 0.271 e. The number of nitrogens with two attached hydrogens (primary N) is 1. The molecule has 4 unspecified atom stereocenters. The Bertz CT molecular complexity index is 444. The summed E-state index contributed by atoms with van der Waals surface area (Å²) in [6.45, 7) is 3.09. The number of aromatic nitrogens is 3. The zero-order chi connectivity index (χ0) is 14.7. The summed E-state index contributed by atoms with van der Waals surface area (Å²) in [6.07, 6.45) is 12.7. The average molecular weight is 291 g/mol. The number of rotatable bonds is 5. The molecule has 0 aliphatic heterocycles. The van der Waals surface area contributed by atoms with Crippen molar-refractivity contribution in [1.29, 1.82) is 0 Å². The highest BCUT2D eigenvalue weighted by atomic mass is 15.4. The fraction of sp³-hybridized carbons (Fsp3) is 0.875. The van der Waals surface area contributed by atoms with Crippen molar-refractivity contribution < 1.29 is 0 Å². The molecule has 2 fully saturated rings. The Labute approximate surface area is 127 Å². The molecule has 1 heterocycles. The van der Waals surface area contributed by atoms with Gasteiger partial charge in [-0.05, 0) is 43.4 Å². The number of hydrazine groups is 1. The molecular formula is C16H29N5. The molecule has 1 aromatic heterocycles. The predicted molar refractivity (Wildman–Crippen MR) is 83.2 cm³/mol. The Morgan fingerprint density at radius 3 is 2.86 bits per heavy atom. The Balaban J connectivity index is 1.72. The minimum absolute atomic E-state index is 0.203. The van der Waals surface area contributed by atoms with Crippen molar-refractivity contribution in [2.24, 2.45) is 23.6 Å². The van der Waals surface area contributed by atoms with Crippen molar-refractivity contribution in [2.45, 2.75) is 70.9 Å². The van der Waals surface area contributed by atoms with Crippen LogP contribution in [0, 0.1) is 17.8 Å². The van der Waals surface area contributed by atoms with E-state index in [2.05, 4.69) is 22.7 Å². The maximum atomic E-state index is 5.91. The predicted octanol–water partition coefficient (Wildman–Crippen LogP) is 2.80. The van der Waals surface area contributed by atoms with E-state index in [-0.39, 0.29) is 6.04 Å². The summed E-state index contributed by atoms with van der Waals surface area (Å²) in [6, 6.07) is 0.203. The van der Waals surface area contributed by atoms with E-state index in [1.807, 2.05) is 10.9 Å². The van der Waals surface area contributed by atoms with Crippen LogP contribution in [-0.2, 0) is 6.54 Å².